The zero-order chi connectivity index (χ0) is 12.4. The molecule has 3 heteroatoms. The van der Waals surface area contributed by atoms with E-state index in [9.17, 15) is 9.50 Å². The Morgan fingerprint density at radius 1 is 1.35 bits per heavy atom. The number of aliphatic hydroxyl groups excluding tert-OH is 1. The number of nitrogens with two attached hydrogens (primary N) is 1. The van der Waals surface area contributed by atoms with Gasteiger partial charge in [-0.1, -0.05) is 25.0 Å². The molecular formula is C14H20FNO. The topological polar surface area (TPSA) is 46.2 Å². The van der Waals surface area contributed by atoms with E-state index in [0.29, 0.717) is 5.56 Å². The predicted molar refractivity (Wildman–Crippen MR) is 66.0 cm³/mol. The third-order valence-electron chi connectivity index (χ3n) is 3.92. The van der Waals surface area contributed by atoms with Gasteiger partial charge in [-0.3, -0.25) is 0 Å². The van der Waals surface area contributed by atoms with Crippen molar-refractivity contribution in [2.24, 2.45) is 11.7 Å². The third kappa shape index (κ3) is 2.50. The molecule has 1 aromatic rings. The lowest BCUT2D eigenvalue weighted by Gasteiger charge is -2.25. The summed E-state index contributed by atoms with van der Waals surface area (Å²) >= 11 is 0. The van der Waals surface area contributed by atoms with Crippen LogP contribution in [0.25, 0.3) is 0 Å². The van der Waals surface area contributed by atoms with E-state index in [1.54, 1.807) is 19.1 Å². The highest BCUT2D eigenvalue weighted by Gasteiger charge is 2.29. The highest BCUT2D eigenvalue weighted by molar-refractivity contribution is 5.30. The van der Waals surface area contributed by atoms with Gasteiger partial charge in [0.25, 0.3) is 0 Å². The molecule has 2 atom stereocenters. The smallest absolute Gasteiger partial charge is 0.126 e. The van der Waals surface area contributed by atoms with Gasteiger partial charge in [-0.25, -0.2) is 4.39 Å². The molecule has 2 nitrogen and oxygen atoms in total. The molecule has 17 heavy (non-hydrogen) atoms. The van der Waals surface area contributed by atoms with Crippen LogP contribution in [-0.2, 0) is 0 Å². The zero-order valence-electron chi connectivity index (χ0n) is 10.2. The van der Waals surface area contributed by atoms with Crippen molar-refractivity contribution >= 4 is 0 Å². The van der Waals surface area contributed by atoms with E-state index in [1.807, 2.05) is 0 Å². The summed E-state index contributed by atoms with van der Waals surface area (Å²) < 4.78 is 13.4. The molecule has 0 heterocycles. The van der Waals surface area contributed by atoms with Gasteiger partial charge in [0.2, 0.25) is 0 Å². The first-order chi connectivity index (χ1) is 8.11. The first-order valence-electron chi connectivity index (χ1n) is 6.30. The second-order valence-corrected chi connectivity index (χ2v) is 5.01. The van der Waals surface area contributed by atoms with E-state index < -0.39 is 12.1 Å². The maximum Gasteiger partial charge on any atom is 0.126 e. The van der Waals surface area contributed by atoms with Crippen LogP contribution in [0.2, 0.25) is 0 Å². The molecular weight excluding hydrogens is 217 g/mol. The van der Waals surface area contributed by atoms with Gasteiger partial charge in [-0.15, -0.1) is 0 Å². The van der Waals surface area contributed by atoms with Gasteiger partial charge in [0.1, 0.15) is 5.82 Å². The molecule has 0 saturated heterocycles. The fraction of sp³-hybridized carbons (Fsp3) is 0.571. The highest BCUT2D eigenvalue weighted by Crippen LogP contribution is 2.33. The van der Waals surface area contributed by atoms with Crippen molar-refractivity contribution in [2.75, 3.05) is 0 Å². The Labute approximate surface area is 102 Å². The average molecular weight is 237 g/mol. The highest BCUT2D eigenvalue weighted by atomic mass is 19.1. The maximum atomic E-state index is 13.4. The largest absolute Gasteiger partial charge is 0.391 e. The first-order valence-corrected chi connectivity index (χ1v) is 6.30. The number of halogens is 1. The van der Waals surface area contributed by atoms with Crippen molar-refractivity contribution in [1.82, 2.24) is 0 Å². The lowest BCUT2D eigenvalue weighted by molar-refractivity contribution is 0.0842. The van der Waals surface area contributed by atoms with Gasteiger partial charge < -0.3 is 10.8 Å². The molecule has 0 spiro atoms. The van der Waals surface area contributed by atoms with Crippen molar-refractivity contribution in [3.63, 3.8) is 0 Å². The Morgan fingerprint density at radius 3 is 2.65 bits per heavy atom. The molecule has 1 aromatic carbocycles. The van der Waals surface area contributed by atoms with Gasteiger partial charge in [-0.05, 0) is 42.9 Å². The van der Waals surface area contributed by atoms with Gasteiger partial charge >= 0.3 is 0 Å². The molecule has 1 saturated carbocycles. The Balaban J connectivity index is 2.18. The van der Waals surface area contributed by atoms with Crippen LogP contribution in [0.3, 0.4) is 0 Å². The minimum atomic E-state index is -0.557. The van der Waals surface area contributed by atoms with Gasteiger partial charge in [0.15, 0.2) is 0 Å². The molecule has 1 aliphatic carbocycles. The summed E-state index contributed by atoms with van der Waals surface area (Å²) in [6.45, 7) is 1.71. The molecule has 94 valence electrons. The molecule has 3 N–H and O–H groups in total. The van der Waals surface area contributed by atoms with E-state index in [0.717, 1.165) is 31.2 Å². The van der Waals surface area contributed by atoms with Crippen LogP contribution in [0, 0.1) is 18.7 Å². The molecule has 2 rings (SSSR count). The van der Waals surface area contributed by atoms with Crippen LogP contribution in [0.4, 0.5) is 4.39 Å². The maximum absolute atomic E-state index is 13.4. The van der Waals surface area contributed by atoms with Crippen LogP contribution in [0.1, 0.15) is 42.9 Å². The van der Waals surface area contributed by atoms with E-state index in [4.69, 9.17) is 5.73 Å². The minimum absolute atomic E-state index is 0.253. The summed E-state index contributed by atoms with van der Waals surface area (Å²) in [6.07, 6.45) is 3.83. The second-order valence-electron chi connectivity index (χ2n) is 5.01. The van der Waals surface area contributed by atoms with Crippen LogP contribution in [-0.4, -0.2) is 11.2 Å². The van der Waals surface area contributed by atoms with E-state index in [2.05, 4.69) is 0 Å². The predicted octanol–water partition coefficient (Wildman–Crippen LogP) is 2.69. The lowest BCUT2D eigenvalue weighted by Crippen LogP contribution is -2.32. The fourth-order valence-corrected chi connectivity index (χ4v) is 2.76. The van der Waals surface area contributed by atoms with Crippen molar-refractivity contribution in [3.8, 4) is 0 Å². The van der Waals surface area contributed by atoms with Crippen LogP contribution >= 0.6 is 0 Å². The number of benzene rings is 1. The summed E-state index contributed by atoms with van der Waals surface area (Å²) in [7, 11) is 0. The number of aliphatic hydroxyl groups is 1. The number of rotatable bonds is 3. The van der Waals surface area contributed by atoms with Crippen molar-refractivity contribution in [1.29, 1.82) is 0 Å². The lowest BCUT2D eigenvalue weighted by atomic mass is 9.89. The van der Waals surface area contributed by atoms with Crippen molar-refractivity contribution in [2.45, 2.75) is 44.8 Å². The van der Waals surface area contributed by atoms with E-state index >= 15 is 0 Å². The molecule has 0 amide bonds. The van der Waals surface area contributed by atoms with E-state index in [1.165, 1.54) is 6.07 Å². The monoisotopic (exact) mass is 237 g/mol. The van der Waals surface area contributed by atoms with Crippen LogP contribution in [0.15, 0.2) is 18.2 Å². The summed E-state index contributed by atoms with van der Waals surface area (Å²) in [6, 6.07) is 4.40. The molecule has 1 aliphatic rings. The quantitative estimate of drug-likeness (QED) is 0.849. The van der Waals surface area contributed by atoms with Crippen LogP contribution in [0.5, 0.6) is 0 Å². The van der Waals surface area contributed by atoms with Gasteiger partial charge in [-0.2, -0.15) is 0 Å². The van der Waals surface area contributed by atoms with Crippen LogP contribution < -0.4 is 5.73 Å². The number of hydrogen-bond donors (Lipinski definition) is 2. The van der Waals surface area contributed by atoms with Gasteiger partial charge in [0, 0.05) is 0 Å². The second kappa shape index (κ2) is 5.15. The molecule has 0 aromatic heterocycles. The SMILES string of the molecule is Cc1c(F)cccc1[C@H](N)[C@H](O)C1CCCC1. The van der Waals surface area contributed by atoms with Gasteiger partial charge in [0.05, 0.1) is 12.1 Å². The fourth-order valence-electron chi connectivity index (χ4n) is 2.76. The minimum Gasteiger partial charge on any atom is -0.391 e. The molecule has 0 aliphatic heterocycles. The summed E-state index contributed by atoms with van der Waals surface area (Å²) in [5.41, 5.74) is 7.35. The molecule has 0 bridgehead atoms. The Hall–Kier alpha value is -0.930. The summed E-state index contributed by atoms with van der Waals surface area (Å²) in [4.78, 5) is 0. The van der Waals surface area contributed by atoms with Crippen molar-refractivity contribution < 1.29 is 9.50 Å². The Morgan fingerprint density at radius 2 is 2.00 bits per heavy atom. The summed E-state index contributed by atoms with van der Waals surface area (Å²) in [5, 5.41) is 10.2. The third-order valence-corrected chi connectivity index (χ3v) is 3.92. The van der Waals surface area contributed by atoms with Crippen molar-refractivity contribution in [3.05, 3.63) is 35.1 Å². The molecule has 0 radical (unpaired) electrons. The Kier molecular flexibility index (Phi) is 3.79. The summed E-state index contributed by atoms with van der Waals surface area (Å²) in [5.74, 6) is 0.0178. The normalized spacial score (nSPS) is 20.5. The Bertz CT molecular complexity index is 388. The zero-order valence-corrected chi connectivity index (χ0v) is 10.2. The average Bonchev–Trinajstić information content (AvgIpc) is 2.84. The number of hydrogen-bond acceptors (Lipinski definition) is 2. The van der Waals surface area contributed by atoms with E-state index in [-0.39, 0.29) is 11.7 Å². The molecule has 1 fully saturated rings. The first kappa shape index (κ1) is 12.5. The standard InChI is InChI=1S/C14H20FNO/c1-9-11(7-4-8-12(9)15)13(16)14(17)10-5-2-3-6-10/h4,7-8,10,13-14,17H,2-3,5-6,16H2,1H3/t13-,14+/m0/s1. The molecule has 0 unspecified atom stereocenters.